The summed E-state index contributed by atoms with van der Waals surface area (Å²) in [6, 6.07) is 8.21. The third kappa shape index (κ3) is 3.33. The van der Waals surface area contributed by atoms with Gasteiger partial charge in [0.25, 0.3) is 5.69 Å². The highest BCUT2D eigenvalue weighted by atomic mass is 35.5. The highest BCUT2D eigenvalue weighted by Gasteiger charge is 2.11. The average Bonchev–Trinajstić information content (AvgIpc) is 2.90. The zero-order chi connectivity index (χ0) is 13.8. The van der Waals surface area contributed by atoms with Gasteiger partial charge >= 0.3 is 0 Å². The lowest BCUT2D eigenvalue weighted by atomic mass is 10.2. The van der Waals surface area contributed by atoms with Crippen molar-refractivity contribution in [2.24, 2.45) is 0 Å². The highest BCUT2D eigenvalue weighted by Crippen LogP contribution is 2.23. The van der Waals surface area contributed by atoms with Gasteiger partial charge in [0.2, 0.25) is 0 Å². The molecule has 2 rings (SSSR count). The second-order valence-electron chi connectivity index (χ2n) is 4.15. The number of halogens is 1. The van der Waals surface area contributed by atoms with Gasteiger partial charge in [-0.05, 0) is 30.7 Å². The summed E-state index contributed by atoms with van der Waals surface area (Å²) in [5.74, 6) is 0.832. The van der Waals surface area contributed by atoms with E-state index in [1.54, 1.807) is 12.3 Å². The van der Waals surface area contributed by atoms with Gasteiger partial charge in [-0.3, -0.25) is 10.1 Å². The second kappa shape index (κ2) is 5.86. The van der Waals surface area contributed by atoms with Gasteiger partial charge in [-0.2, -0.15) is 0 Å². The number of non-ortho nitro benzene ring substituents is 1. The highest BCUT2D eigenvalue weighted by molar-refractivity contribution is 6.31. The first-order valence-corrected chi connectivity index (χ1v) is 6.15. The van der Waals surface area contributed by atoms with Crippen LogP contribution in [0.4, 0.5) is 5.69 Å². The second-order valence-corrected chi connectivity index (χ2v) is 4.56. The molecule has 5 nitrogen and oxygen atoms in total. The maximum Gasteiger partial charge on any atom is 0.270 e. The Morgan fingerprint density at radius 1 is 1.47 bits per heavy atom. The third-order valence-corrected chi connectivity index (χ3v) is 3.17. The largest absolute Gasteiger partial charge is 0.468 e. The number of nitro groups is 1. The number of nitro benzene ring substituents is 1. The van der Waals surface area contributed by atoms with Crippen molar-refractivity contribution in [3.05, 3.63) is 63.1 Å². The fourth-order valence-corrected chi connectivity index (χ4v) is 1.94. The Morgan fingerprint density at radius 2 is 2.26 bits per heavy atom. The van der Waals surface area contributed by atoms with E-state index in [4.69, 9.17) is 16.0 Å². The van der Waals surface area contributed by atoms with Crippen LogP contribution in [0.3, 0.4) is 0 Å². The fourth-order valence-electron chi connectivity index (χ4n) is 1.69. The summed E-state index contributed by atoms with van der Waals surface area (Å²) in [5, 5.41) is 14.2. The molecule has 0 saturated carbocycles. The summed E-state index contributed by atoms with van der Waals surface area (Å²) in [6.45, 7) is 2.48. The van der Waals surface area contributed by atoms with Crippen LogP contribution in [0.25, 0.3) is 0 Å². The van der Waals surface area contributed by atoms with Crippen molar-refractivity contribution in [2.75, 3.05) is 0 Å². The van der Waals surface area contributed by atoms with Gasteiger partial charge in [-0.25, -0.2) is 0 Å². The number of furan rings is 1. The number of nitrogens with zero attached hydrogens (tertiary/aromatic N) is 1. The molecule has 0 saturated heterocycles. The van der Waals surface area contributed by atoms with E-state index < -0.39 is 4.92 Å². The smallest absolute Gasteiger partial charge is 0.270 e. The number of rotatable bonds is 5. The minimum Gasteiger partial charge on any atom is -0.468 e. The normalized spacial score (nSPS) is 12.3. The molecular weight excluding hydrogens is 268 g/mol. The fraction of sp³-hybridized carbons (Fsp3) is 0.231. The van der Waals surface area contributed by atoms with Crippen molar-refractivity contribution < 1.29 is 9.34 Å². The van der Waals surface area contributed by atoms with Crippen molar-refractivity contribution in [3.63, 3.8) is 0 Å². The lowest BCUT2D eigenvalue weighted by Gasteiger charge is -2.12. The quantitative estimate of drug-likeness (QED) is 0.670. The maximum absolute atomic E-state index is 10.6. The summed E-state index contributed by atoms with van der Waals surface area (Å²) in [6.07, 6.45) is 1.62. The molecule has 0 aliphatic rings. The van der Waals surface area contributed by atoms with Crippen LogP contribution in [0.1, 0.15) is 24.3 Å². The molecule has 1 atom stereocenters. The van der Waals surface area contributed by atoms with Crippen molar-refractivity contribution in [1.29, 1.82) is 0 Å². The van der Waals surface area contributed by atoms with Crippen LogP contribution < -0.4 is 5.32 Å². The molecule has 0 bridgehead atoms. The zero-order valence-electron chi connectivity index (χ0n) is 10.3. The summed E-state index contributed by atoms with van der Waals surface area (Å²) in [4.78, 5) is 10.1. The molecule has 0 aliphatic heterocycles. The van der Waals surface area contributed by atoms with Gasteiger partial charge in [0.1, 0.15) is 5.76 Å². The van der Waals surface area contributed by atoms with E-state index in [9.17, 15) is 10.1 Å². The van der Waals surface area contributed by atoms with Crippen molar-refractivity contribution in [2.45, 2.75) is 19.5 Å². The number of hydrogen-bond donors (Lipinski definition) is 1. The molecule has 1 aromatic heterocycles. The monoisotopic (exact) mass is 280 g/mol. The molecule has 0 aliphatic carbocycles. The van der Waals surface area contributed by atoms with E-state index in [2.05, 4.69) is 5.32 Å². The van der Waals surface area contributed by atoms with Crippen LogP contribution in [0.5, 0.6) is 0 Å². The Balaban J connectivity index is 2.02. The van der Waals surface area contributed by atoms with E-state index in [1.807, 2.05) is 19.1 Å². The van der Waals surface area contributed by atoms with Crippen molar-refractivity contribution >= 4 is 17.3 Å². The molecule has 2 aromatic rings. The topological polar surface area (TPSA) is 68.3 Å². The zero-order valence-corrected chi connectivity index (χ0v) is 11.1. The molecule has 1 aromatic carbocycles. The molecular formula is C13H13ClN2O3. The molecule has 0 radical (unpaired) electrons. The predicted molar refractivity (Wildman–Crippen MR) is 72.1 cm³/mol. The maximum atomic E-state index is 10.6. The van der Waals surface area contributed by atoms with Crippen molar-refractivity contribution in [1.82, 2.24) is 5.32 Å². The first-order valence-electron chi connectivity index (χ1n) is 5.77. The molecule has 6 heteroatoms. The lowest BCUT2D eigenvalue weighted by molar-refractivity contribution is -0.384. The predicted octanol–water partition coefficient (Wildman–Crippen LogP) is 3.69. The molecule has 0 spiro atoms. The van der Waals surface area contributed by atoms with Gasteiger partial charge < -0.3 is 9.73 Å². The van der Waals surface area contributed by atoms with Crippen LogP contribution in [0.2, 0.25) is 5.02 Å². The van der Waals surface area contributed by atoms with Gasteiger partial charge in [-0.1, -0.05) is 11.6 Å². The summed E-state index contributed by atoms with van der Waals surface area (Å²) in [7, 11) is 0. The SMILES string of the molecule is C[C@H](NCc1ccc([N+](=O)[O-])cc1Cl)c1ccco1. The minimum atomic E-state index is -0.464. The molecule has 0 fully saturated rings. The van der Waals surface area contributed by atoms with Crippen LogP contribution in [-0.4, -0.2) is 4.92 Å². The third-order valence-electron chi connectivity index (χ3n) is 2.82. The Morgan fingerprint density at radius 3 is 2.84 bits per heavy atom. The van der Waals surface area contributed by atoms with Gasteiger partial charge in [0.05, 0.1) is 22.3 Å². The average molecular weight is 281 g/mol. The summed E-state index contributed by atoms with van der Waals surface area (Å²) < 4.78 is 5.28. The van der Waals surface area contributed by atoms with Gasteiger partial charge in [0.15, 0.2) is 0 Å². The molecule has 0 amide bonds. The summed E-state index contributed by atoms with van der Waals surface area (Å²) in [5.41, 5.74) is 0.804. The molecule has 1 N–H and O–H groups in total. The Labute approximate surface area is 115 Å². The molecule has 0 unspecified atom stereocenters. The van der Waals surface area contributed by atoms with E-state index in [-0.39, 0.29) is 11.7 Å². The van der Waals surface area contributed by atoms with Gasteiger partial charge in [-0.15, -0.1) is 0 Å². The number of hydrogen-bond acceptors (Lipinski definition) is 4. The van der Waals surface area contributed by atoms with Gasteiger partial charge in [0, 0.05) is 18.7 Å². The Kier molecular flexibility index (Phi) is 4.19. The minimum absolute atomic E-state index is 0.00664. The van der Waals surface area contributed by atoms with E-state index >= 15 is 0 Å². The Hall–Kier alpha value is -1.85. The first-order chi connectivity index (χ1) is 9.08. The number of nitrogens with one attached hydrogen (secondary N) is 1. The van der Waals surface area contributed by atoms with Crippen LogP contribution >= 0.6 is 11.6 Å². The van der Waals surface area contributed by atoms with Crippen LogP contribution in [0, 0.1) is 10.1 Å². The number of benzene rings is 1. The van der Waals surface area contributed by atoms with E-state index in [0.717, 1.165) is 11.3 Å². The van der Waals surface area contributed by atoms with E-state index in [0.29, 0.717) is 11.6 Å². The van der Waals surface area contributed by atoms with Crippen molar-refractivity contribution in [3.8, 4) is 0 Å². The summed E-state index contributed by atoms with van der Waals surface area (Å²) >= 11 is 6.01. The van der Waals surface area contributed by atoms with E-state index in [1.165, 1.54) is 12.1 Å². The Bertz CT molecular complexity index is 569. The standard InChI is InChI=1S/C13H13ClN2O3/c1-9(13-3-2-6-19-13)15-8-10-4-5-11(16(17)18)7-12(10)14/h2-7,9,15H,8H2,1H3/t9-/m0/s1. The lowest BCUT2D eigenvalue weighted by Crippen LogP contribution is -2.17. The molecule has 100 valence electrons. The van der Waals surface area contributed by atoms with Crippen LogP contribution in [0.15, 0.2) is 41.0 Å². The van der Waals surface area contributed by atoms with Crippen LogP contribution in [-0.2, 0) is 6.54 Å². The molecule has 1 heterocycles. The first kappa shape index (κ1) is 13.6. The molecule has 19 heavy (non-hydrogen) atoms.